The van der Waals surface area contributed by atoms with Gasteiger partial charge in [-0.05, 0) is 17.0 Å². The average molecular weight is 303 g/mol. The summed E-state index contributed by atoms with van der Waals surface area (Å²) in [6, 6.07) is 11.8. The van der Waals surface area contributed by atoms with Gasteiger partial charge in [-0.2, -0.15) is 0 Å². The number of aliphatic hydroxyl groups is 1. The Labute approximate surface area is 127 Å². The Morgan fingerprint density at radius 1 is 1.33 bits per heavy atom. The first-order chi connectivity index (χ1) is 10.2. The van der Waals surface area contributed by atoms with E-state index in [1.165, 1.54) is 11.3 Å². The van der Waals surface area contributed by atoms with Gasteiger partial charge in [-0.1, -0.05) is 30.3 Å². The lowest BCUT2D eigenvalue weighted by atomic mass is 10.0. The summed E-state index contributed by atoms with van der Waals surface area (Å²) in [5, 5.41) is 14.9. The van der Waals surface area contributed by atoms with Crippen LogP contribution in [0.4, 0.5) is 0 Å². The summed E-state index contributed by atoms with van der Waals surface area (Å²) in [4.78, 5) is 13.0. The first-order valence-corrected chi connectivity index (χ1v) is 7.77. The molecule has 0 aliphatic carbocycles. The van der Waals surface area contributed by atoms with E-state index in [-0.39, 0.29) is 19.1 Å². The summed E-state index contributed by atoms with van der Waals surface area (Å²) >= 11 is 1.41. The van der Waals surface area contributed by atoms with E-state index in [1.807, 2.05) is 41.8 Å². The Bertz CT molecular complexity index is 617. The summed E-state index contributed by atoms with van der Waals surface area (Å²) < 4.78 is 5.18. The highest BCUT2D eigenvalue weighted by Crippen LogP contribution is 2.28. The van der Waals surface area contributed by atoms with E-state index in [2.05, 4.69) is 5.32 Å². The van der Waals surface area contributed by atoms with Crippen molar-refractivity contribution in [2.45, 2.75) is 12.0 Å². The van der Waals surface area contributed by atoms with Crippen molar-refractivity contribution in [3.63, 3.8) is 0 Å². The van der Waals surface area contributed by atoms with E-state index in [0.29, 0.717) is 17.9 Å². The van der Waals surface area contributed by atoms with Gasteiger partial charge in [0.05, 0.1) is 11.5 Å². The lowest BCUT2D eigenvalue weighted by Gasteiger charge is -2.20. The summed E-state index contributed by atoms with van der Waals surface area (Å²) in [6.07, 6.45) is 0.559. The smallest absolute Gasteiger partial charge is 0.262 e. The number of hydrogen-bond donors (Lipinski definition) is 2. The predicted molar refractivity (Wildman–Crippen MR) is 82.5 cm³/mol. The normalized spacial score (nSPS) is 21.4. The molecule has 1 aliphatic heterocycles. The molecule has 4 nitrogen and oxygen atoms in total. The molecule has 1 atom stereocenters. The highest BCUT2D eigenvalue weighted by atomic mass is 32.1. The number of rotatable bonds is 4. The molecule has 2 heterocycles. The van der Waals surface area contributed by atoms with Crippen LogP contribution >= 0.6 is 11.3 Å². The van der Waals surface area contributed by atoms with Crippen LogP contribution in [-0.2, 0) is 4.74 Å². The maximum Gasteiger partial charge on any atom is 0.262 e. The standard InChI is InChI=1S/C16H17NO3S/c18-15(17-10-16(19)7-8-20-11-16)14-13(6-9-21-14)12-4-2-1-3-5-12/h1-6,9,19H,7-8,10-11H2,(H,17,18). The van der Waals surface area contributed by atoms with Crippen LogP contribution < -0.4 is 5.32 Å². The molecule has 0 spiro atoms. The van der Waals surface area contributed by atoms with E-state index in [1.54, 1.807) is 0 Å². The molecule has 1 fully saturated rings. The monoisotopic (exact) mass is 303 g/mol. The van der Waals surface area contributed by atoms with Crippen molar-refractivity contribution < 1.29 is 14.6 Å². The second-order valence-corrected chi connectivity index (χ2v) is 6.16. The lowest BCUT2D eigenvalue weighted by Crippen LogP contribution is -2.43. The summed E-state index contributed by atoms with van der Waals surface area (Å²) in [7, 11) is 0. The van der Waals surface area contributed by atoms with Gasteiger partial charge in [0.15, 0.2) is 0 Å². The third kappa shape index (κ3) is 3.15. The number of benzene rings is 1. The van der Waals surface area contributed by atoms with Gasteiger partial charge in [0.2, 0.25) is 0 Å². The highest BCUT2D eigenvalue weighted by molar-refractivity contribution is 7.12. The Kier molecular flexibility index (Phi) is 4.05. The molecule has 5 heteroatoms. The number of hydrogen-bond acceptors (Lipinski definition) is 4. The molecule has 0 saturated carbocycles. The van der Waals surface area contributed by atoms with Crippen molar-refractivity contribution in [2.75, 3.05) is 19.8 Å². The summed E-state index contributed by atoms with van der Waals surface area (Å²) in [6.45, 7) is 1.04. The van der Waals surface area contributed by atoms with Crippen LogP contribution in [0, 0.1) is 0 Å². The van der Waals surface area contributed by atoms with Gasteiger partial charge in [-0.25, -0.2) is 0 Å². The van der Waals surface area contributed by atoms with Crippen molar-refractivity contribution in [2.24, 2.45) is 0 Å². The Balaban J connectivity index is 1.72. The largest absolute Gasteiger partial charge is 0.386 e. The van der Waals surface area contributed by atoms with Gasteiger partial charge in [-0.15, -0.1) is 11.3 Å². The molecule has 1 amide bonds. The molecule has 110 valence electrons. The number of carbonyl (C=O) groups excluding carboxylic acids is 1. The zero-order valence-electron chi connectivity index (χ0n) is 11.5. The zero-order chi connectivity index (χ0) is 14.7. The van der Waals surface area contributed by atoms with Gasteiger partial charge < -0.3 is 15.2 Å². The highest BCUT2D eigenvalue weighted by Gasteiger charge is 2.32. The third-order valence-corrected chi connectivity index (χ3v) is 4.53. The van der Waals surface area contributed by atoms with Crippen molar-refractivity contribution in [1.82, 2.24) is 5.32 Å². The number of amides is 1. The van der Waals surface area contributed by atoms with E-state index < -0.39 is 5.60 Å². The van der Waals surface area contributed by atoms with Crippen LogP contribution in [0.25, 0.3) is 11.1 Å². The van der Waals surface area contributed by atoms with Gasteiger partial charge in [0, 0.05) is 25.1 Å². The Morgan fingerprint density at radius 2 is 2.14 bits per heavy atom. The van der Waals surface area contributed by atoms with Crippen molar-refractivity contribution in [3.8, 4) is 11.1 Å². The molecule has 1 unspecified atom stereocenters. The fraction of sp³-hybridized carbons (Fsp3) is 0.312. The van der Waals surface area contributed by atoms with E-state index in [4.69, 9.17) is 4.74 Å². The van der Waals surface area contributed by atoms with E-state index in [9.17, 15) is 9.90 Å². The molecular weight excluding hydrogens is 286 g/mol. The molecule has 1 saturated heterocycles. The molecule has 0 bridgehead atoms. The second kappa shape index (κ2) is 5.97. The first-order valence-electron chi connectivity index (χ1n) is 6.89. The molecule has 2 N–H and O–H groups in total. The quantitative estimate of drug-likeness (QED) is 0.911. The molecule has 1 aromatic heterocycles. The van der Waals surface area contributed by atoms with Crippen molar-refractivity contribution in [1.29, 1.82) is 0 Å². The molecular formula is C16H17NO3S. The van der Waals surface area contributed by atoms with E-state index >= 15 is 0 Å². The maximum atomic E-state index is 12.3. The number of thiophene rings is 1. The minimum Gasteiger partial charge on any atom is -0.386 e. The lowest BCUT2D eigenvalue weighted by molar-refractivity contribution is 0.0265. The first kappa shape index (κ1) is 14.3. The minimum atomic E-state index is -0.931. The minimum absolute atomic E-state index is 0.149. The molecule has 3 rings (SSSR count). The topological polar surface area (TPSA) is 58.6 Å². The Hall–Kier alpha value is -1.69. The molecule has 2 aromatic rings. The van der Waals surface area contributed by atoms with Crippen molar-refractivity contribution >= 4 is 17.2 Å². The number of nitrogens with one attached hydrogen (secondary N) is 1. The Morgan fingerprint density at radius 3 is 2.86 bits per heavy atom. The summed E-state index contributed by atoms with van der Waals surface area (Å²) in [5.74, 6) is -0.149. The zero-order valence-corrected chi connectivity index (χ0v) is 12.4. The fourth-order valence-electron chi connectivity index (χ4n) is 2.39. The molecule has 1 aromatic carbocycles. The summed E-state index contributed by atoms with van der Waals surface area (Å²) in [5.41, 5.74) is 1.01. The van der Waals surface area contributed by atoms with Crippen LogP contribution in [0.5, 0.6) is 0 Å². The number of ether oxygens (including phenoxy) is 1. The van der Waals surface area contributed by atoms with Gasteiger partial charge in [-0.3, -0.25) is 4.79 Å². The second-order valence-electron chi connectivity index (χ2n) is 5.24. The molecule has 0 radical (unpaired) electrons. The van der Waals surface area contributed by atoms with Crippen LogP contribution in [0.3, 0.4) is 0 Å². The van der Waals surface area contributed by atoms with E-state index in [0.717, 1.165) is 11.1 Å². The van der Waals surface area contributed by atoms with Crippen LogP contribution in [-0.4, -0.2) is 36.4 Å². The van der Waals surface area contributed by atoms with Gasteiger partial charge in [0.25, 0.3) is 5.91 Å². The average Bonchev–Trinajstić information content (AvgIpc) is 3.15. The number of carbonyl (C=O) groups is 1. The van der Waals surface area contributed by atoms with Crippen LogP contribution in [0.15, 0.2) is 41.8 Å². The SMILES string of the molecule is O=C(NCC1(O)CCOC1)c1sccc1-c1ccccc1. The van der Waals surface area contributed by atoms with Gasteiger partial charge in [0.1, 0.15) is 5.60 Å². The molecule has 21 heavy (non-hydrogen) atoms. The van der Waals surface area contributed by atoms with Crippen LogP contribution in [0.2, 0.25) is 0 Å². The molecule has 1 aliphatic rings. The predicted octanol–water partition coefficient (Wildman–Crippen LogP) is 2.30. The third-order valence-electron chi connectivity index (χ3n) is 3.62. The van der Waals surface area contributed by atoms with Crippen molar-refractivity contribution in [3.05, 3.63) is 46.7 Å². The maximum absolute atomic E-state index is 12.3. The van der Waals surface area contributed by atoms with Gasteiger partial charge >= 0.3 is 0 Å². The van der Waals surface area contributed by atoms with Crippen LogP contribution in [0.1, 0.15) is 16.1 Å². The fourth-order valence-corrected chi connectivity index (χ4v) is 3.22.